The van der Waals surface area contributed by atoms with Crippen LogP contribution in [0.1, 0.15) is 16.1 Å². The number of nitrogens with zero attached hydrogens (tertiary/aromatic N) is 3. The molecule has 1 aromatic carbocycles. The standard InChI is InChI=1S/C18H17ClN4O4S2/c1-9-5-10(11-6-13(19)15(29(4)25)7-14(11)26-2)12(8-20-9)16(24)21-17-22-23-18(27-3)28-17/h5-8H,1-4H3,(H,21,22,24)/t29-/m0/s1. The predicted octanol–water partition coefficient (Wildman–Crippen LogP) is 3.57. The zero-order valence-corrected chi connectivity index (χ0v) is 18.4. The topological polar surface area (TPSA) is 103 Å². The Balaban J connectivity index is 2.08. The molecule has 2 aromatic heterocycles. The minimum atomic E-state index is -1.29. The molecule has 0 saturated heterocycles. The summed E-state index contributed by atoms with van der Waals surface area (Å²) in [6.45, 7) is 1.81. The van der Waals surface area contributed by atoms with Crippen molar-refractivity contribution in [3.63, 3.8) is 0 Å². The van der Waals surface area contributed by atoms with Crippen molar-refractivity contribution >= 4 is 44.8 Å². The van der Waals surface area contributed by atoms with Gasteiger partial charge in [-0.15, -0.1) is 5.10 Å². The Morgan fingerprint density at radius 1 is 1.17 bits per heavy atom. The molecule has 0 aliphatic heterocycles. The van der Waals surface area contributed by atoms with Crippen LogP contribution in [0, 0.1) is 6.92 Å². The quantitative estimate of drug-likeness (QED) is 0.609. The van der Waals surface area contributed by atoms with Gasteiger partial charge in [-0.2, -0.15) is 0 Å². The maximum absolute atomic E-state index is 12.9. The first-order chi connectivity index (χ1) is 13.8. The lowest BCUT2D eigenvalue weighted by Crippen LogP contribution is -2.14. The number of carbonyl (C=O) groups excluding carboxylic acids is 1. The Labute approximate surface area is 178 Å². The molecule has 152 valence electrons. The number of amides is 1. The van der Waals surface area contributed by atoms with Gasteiger partial charge in [0.25, 0.3) is 11.1 Å². The van der Waals surface area contributed by atoms with Gasteiger partial charge in [-0.1, -0.05) is 16.7 Å². The van der Waals surface area contributed by atoms with Gasteiger partial charge in [-0.05, 0) is 36.5 Å². The van der Waals surface area contributed by atoms with Crippen LogP contribution in [0.2, 0.25) is 5.02 Å². The molecule has 0 radical (unpaired) electrons. The Bertz CT molecular complexity index is 1100. The molecular weight excluding hydrogens is 436 g/mol. The van der Waals surface area contributed by atoms with Crippen molar-refractivity contribution < 1.29 is 18.5 Å². The van der Waals surface area contributed by atoms with Crippen LogP contribution in [0.4, 0.5) is 5.13 Å². The molecule has 0 aliphatic carbocycles. The monoisotopic (exact) mass is 452 g/mol. The fourth-order valence-electron chi connectivity index (χ4n) is 2.61. The Kier molecular flexibility index (Phi) is 6.46. The molecule has 1 atom stereocenters. The number of nitrogens with one attached hydrogen (secondary N) is 1. The first-order valence-corrected chi connectivity index (χ1v) is 11.0. The molecule has 1 N–H and O–H groups in total. The van der Waals surface area contributed by atoms with Gasteiger partial charge in [0, 0.05) is 29.3 Å². The molecule has 0 saturated carbocycles. The molecular formula is C18H17ClN4O4S2. The van der Waals surface area contributed by atoms with Gasteiger partial charge in [-0.3, -0.25) is 19.3 Å². The largest absolute Gasteiger partial charge is 0.496 e. The number of pyridine rings is 1. The van der Waals surface area contributed by atoms with Crippen molar-refractivity contribution in [1.29, 1.82) is 0 Å². The minimum Gasteiger partial charge on any atom is -0.496 e. The molecule has 0 bridgehead atoms. The Morgan fingerprint density at radius 3 is 2.55 bits per heavy atom. The lowest BCUT2D eigenvalue weighted by Gasteiger charge is -2.15. The first kappa shape index (κ1) is 21.2. The summed E-state index contributed by atoms with van der Waals surface area (Å²) in [4.78, 5) is 17.6. The Hall–Kier alpha value is -2.56. The molecule has 0 spiro atoms. The van der Waals surface area contributed by atoms with E-state index in [0.29, 0.717) is 48.4 Å². The number of hydrogen-bond acceptors (Lipinski definition) is 8. The molecule has 2 heterocycles. The van der Waals surface area contributed by atoms with Gasteiger partial charge in [-0.25, -0.2) is 0 Å². The van der Waals surface area contributed by atoms with E-state index < -0.39 is 16.7 Å². The van der Waals surface area contributed by atoms with Gasteiger partial charge in [0.05, 0.1) is 40.5 Å². The molecule has 0 aliphatic rings. The van der Waals surface area contributed by atoms with Crippen LogP contribution in [-0.4, -0.2) is 45.8 Å². The van der Waals surface area contributed by atoms with Crippen molar-refractivity contribution in [2.45, 2.75) is 11.8 Å². The summed E-state index contributed by atoms with van der Waals surface area (Å²) in [6, 6.07) is 5.00. The molecule has 0 unspecified atom stereocenters. The third-order valence-electron chi connectivity index (χ3n) is 3.94. The number of methoxy groups -OCH3 is 2. The van der Waals surface area contributed by atoms with Gasteiger partial charge in [0.1, 0.15) is 5.75 Å². The highest BCUT2D eigenvalue weighted by Gasteiger charge is 2.21. The second kappa shape index (κ2) is 8.85. The average Bonchev–Trinajstić information content (AvgIpc) is 3.14. The zero-order chi connectivity index (χ0) is 21.1. The van der Waals surface area contributed by atoms with Crippen molar-refractivity contribution in [2.24, 2.45) is 0 Å². The Morgan fingerprint density at radius 2 is 1.93 bits per heavy atom. The number of anilines is 1. The van der Waals surface area contributed by atoms with Crippen molar-refractivity contribution in [1.82, 2.24) is 15.2 Å². The summed E-state index contributed by atoms with van der Waals surface area (Å²) < 4.78 is 22.4. The van der Waals surface area contributed by atoms with E-state index in [1.165, 1.54) is 26.7 Å². The highest BCUT2D eigenvalue weighted by atomic mass is 35.5. The minimum absolute atomic E-state index is 0.292. The number of aromatic nitrogens is 3. The smallest absolute Gasteiger partial charge is 0.295 e. The summed E-state index contributed by atoms with van der Waals surface area (Å²) in [5.74, 6) is 0.0180. The summed E-state index contributed by atoms with van der Waals surface area (Å²) in [6.07, 6.45) is 3.00. The first-order valence-electron chi connectivity index (χ1n) is 8.20. The van der Waals surface area contributed by atoms with E-state index in [9.17, 15) is 9.00 Å². The van der Waals surface area contributed by atoms with Crippen LogP contribution in [0.3, 0.4) is 0 Å². The van der Waals surface area contributed by atoms with Gasteiger partial charge >= 0.3 is 0 Å². The SMILES string of the molecule is COc1nnc(NC(=O)c2cnc(C)cc2-c2cc(Cl)c([S@](C)=O)cc2OC)s1. The summed E-state index contributed by atoms with van der Waals surface area (Å²) in [7, 11) is 1.68. The lowest BCUT2D eigenvalue weighted by atomic mass is 9.99. The number of hydrogen-bond donors (Lipinski definition) is 1. The van der Waals surface area contributed by atoms with Crippen molar-refractivity contribution in [2.75, 3.05) is 25.8 Å². The zero-order valence-electron chi connectivity index (χ0n) is 16.0. The fraction of sp³-hybridized carbons (Fsp3) is 0.222. The summed E-state index contributed by atoms with van der Waals surface area (Å²) in [5, 5.41) is 11.3. The van der Waals surface area contributed by atoms with Crippen LogP contribution >= 0.6 is 22.9 Å². The van der Waals surface area contributed by atoms with Crippen LogP contribution in [-0.2, 0) is 10.8 Å². The van der Waals surface area contributed by atoms with E-state index in [1.54, 1.807) is 18.2 Å². The number of benzene rings is 1. The summed E-state index contributed by atoms with van der Waals surface area (Å²) >= 11 is 7.43. The van der Waals surface area contributed by atoms with E-state index in [0.717, 1.165) is 11.3 Å². The van der Waals surface area contributed by atoms with E-state index >= 15 is 0 Å². The molecule has 0 fully saturated rings. The highest BCUT2D eigenvalue weighted by Crippen LogP contribution is 2.38. The van der Waals surface area contributed by atoms with Crippen LogP contribution in [0.15, 0.2) is 29.3 Å². The maximum Gasteiger partial charge on any atom is 0.295 e. The molecule has 11 heteroatoms. The van der Waals surface area contributed by atoms with E-state index in [-0.39, 0.29) is 0 Å². The molecule has 1 amide bonds. The molecule has 29 heavy (non-hydrogen) atoms. The number of carbonyl (C=O) groups is 1. The van der Waals surface area contributed by atoms with Crippen LogP contribution < -0.4 is 14.8 Å². The van der Waals surface area contributed by atoms with Crippen molar-refractivity contribution in [3.8, 4) is 22.1 Å². The van der Waals surface area contributed by atoms with E-state index in [1.807, 2.05) is 6.92 Å². The van der Waals surface area contributed by atoms with Crippen molar-refractivity contribution in [3.05, 3.63) is 40.7 Å². The number of halogens is 1. The van der Waals surface area contributed by atoms with Gasteiger partial charge in [0.15, 0.2) is 0 Å². The maximum atomic E-state index is 12.9. The summed E-state index contributed by atoms with van der Waals surface area (Å²) in [5.41, 5.74) is 2.15. The van der Waals surface area contributed by atoms with E-state index in [2.05, 4.69) is 20.5 Å². The fourth-order valence-corrected chi connectivity index (χ4v) is 4.26. The molecule has 3 rings (SSSR count). The third kappa shape index (κ3) is 4.55. The average molecular weight is 453 g/mol. The van der Waals surface area contributed by atoms with E-state index in [4.69, 9.17) is 21.1 Å². The number of rotatable bonds is 6. The second-order valence-electron chi connectivity index (χ2n) is 5.84. The number of aryl methyl sites for hydroxylation is 1. The van der Waals surface area contributed by atoms with Gasteiger partial charge in [0.2, 0.25) is 5.13 Å². The number of ether oxygens (including phenoxy) is 2. The van der Waals surface area contributed by atoms with Crippen LogP contribution in [0.25, 0.3) is 11.1 Å². The normalized spacial score (nSPS) is 11.8. The van der Waals surface area contributed by atoms with Crippen LogP contribution in [0.5, 0.6) is 10.9 Å². The second-order valence-corrected chi connectivity index (χ2v) is 8.54. The van der Waals surface area contributed by atoms with Gasteiger partial charge < -0.3 is 9.47 Å². The lowest BCUT2D eigenvalue weighted by molar-refractivity contribution is 0.102. The molecule has 8 nitrogen and oxygen atoms in total. The highest BCUT2D eigenvalue weighted by molar-refractivity contribution is 7.84. The molecule has 3 aromatic rings. The third-order valence-corrected chi connectivity index (χ3v) is 6.12. The predicted molar refractivity (Wildman–Crippen MR) is 113 cm³/mol.